The predicted octanol–water partition coefficient (Wildman–Crippen LogP) is 3.26. The van der Waals surface area contributed by atoms with Crippen molar-refractivity contribution in [1.82, 2.24) is 19.6 Å². The molecule has 29 heavy (non-hydrogen) atoms. The minimum atomic E-state index is -0.0702. The van der Waals surface area contributed by atoms with Crippen molar-refractivity contribution in [3.63, 3.8) is 0 Å². The van der Waals surface area contributed by atoms with E-state index in [9.17, 15) is 4.79 Å². The minimum absolute atomic E-state index is 0.0702. The molecule has 0 aliphatic rings. The zero-order valence-electron chi connectivity index (χ0n) is 17.1. The zero-order valence-corrected chi connectivity index (χ0v) is 17.1. The summed E-state index contributed by atoms with van der Waals surface area (Å²) in [6.07, 6.45) is 5.54. The van der Waals surface area contributed by atoms with Crippen molar-refractivity contribution >= 4 is 11.6 Å². The van der Waals surface area contributed by atoms with Gasteiger partial charge in [0.25, 0.3) is 0 Å². The number of hydrogen-bond donors (Lipinski definition) is 1. The Kier molecular flexibility index (Phi) is 6.89. The molecule has 1 N–H and O–H groups in total. The molecule has 0 unspecified atom stereocenters. The van der Waals surface area contributed by atoms with Gasteiger partial charge in [-0.3, -0.25) is 14.2 Å². The number of ether oxygens (including phenoxy) is 2. The van der Waals surface area contributed by atoms with E-state index in [-0.39, 0.29) is 5.91 Å². The zero-order chi connectivity index (χ0) is 20.6. The maximum Gasteiger partial charge on any atom is 0.226 e. The lowest BCUT2D eigenvalue weighted by molar-refractivity contribution is -0.116. The van der Waals surface area contributed by atoms with Gasteiger partial charge in [-0.2, -0.15) is 10.2 Å². The molecule has 0 aliphatic heterocycles. The average molecular weight is 397 g/mol. The molecule has 0 fully saturated rings. The number of carbonyl (C=O) groups excluding carboxylic acids is 1. The second kappa shape index (κ2) is 9.77. The summed E-state index contributed by atoms with van der Waals surface area (Å²) in [7, 11) is 0. The lowest BCUT2D eigenvalue weighted by Crippen LogP contribution is -2.15. The Morgan fingerprint density at radius 1 is 1.10 bits per heavy atom. The van der Waals surface area contributed by atoms with Crippen LogP contribution in [0.25, 0.3) is 0 Å². The number of aryl methyl sites for hydroxylation is 2. The third kappa shape index (κ3) is 5.60. The summed E-state index contributed by atoms with van der Waals surface area (Å²) in [5, 5.41) is 11.4. The fourth-order valence-corrected chi connectivity index (χ4v) is 2.96. The van der Waals surface area contributed by atoms with Gasteiger partial charge in [0.15, 0.2) is 11.5 Å². The average Bonchev–Trinajstić information content (AvgIpc) is 3.31. The van der Waals surface area contributed by atoms with Crippen LogP contribution in [0.2, 0.25) is 0 Å². The fraction of sp³-hybridized carbons (Fsp3) is 0.381. The van der Waals surface area contributed by atoms with E-state index in [1.54, 1.807) is 17.1 Å². The Morgan fingerprint density at radius 2 is 1.90 bits per heavy atom. The fourth-order valence-electron chi connectivity index (χ4n) is 2.96. The number of anilines is 1. The van der Waals surface area contributed by atoms with Crippen molar-refractivity contribution in [3.8, 4) is 11.5 Å². The molecule has 154 valence electrons. The van der Waals surface area contributed by atoms with E-state index in [4.69, 9.17) is 9.47 Å². The van der Waals surface area contributed by atoms with Crippen LogP contribution in [-0.2, 0) is 17.9 Å². The van der Waals surface area contributed by atoms with Gasteiger partial charge in [0.1, 0.15) is 0 Å². The van der Waals surface area contributed by atoms with Crippen molar-refractivity contribution in [2.24, 2.45) is 0 Å². The number of carbonyl (C=O) groups is 1. The second-order valence-corrected chi connectivity index (χ2v) is 6.57. The molecule has 8 nitrogen and oxygen atoms in total. The van der Waals surface area contributed by atoms with Crippen LogP contribution in [0.5, 0.6) is 11.5 Å². The topological polar surface area (TPSA) is 83.2 Å². The molecule has 0 saturated heterocycles. The van der Waals surface area contributed by atoms with E-state index >= 15 is 0 Å². The summed E-state index contributed by atoms with van der Waals surface area (Å²) >= 11 is 0. The molecular weight excluding hydrogens is 370 g/mol. The third-order valence-electron chi connectivity index (χ3n) is 4.35. The largest absolute Gasteiger partial charge is 0.490 e. The Hall–Kier alpha value is -3.29. The van der Waals surface area contributed by atoms with E-state index in [0.29, 0.717) is 38.4 Å². The van der Waals surface area contributed by atoms with E-state index in [0.717, 1.165) is 22.8 Å². The van der Waals surface area contributed by atoms with Crippen LogP contribution in [0.4, 0.5) is 5.69 Å². The quantitative estimate of drug-likeness (QED) is 0.568. The van der Waals surface area contributed by atoms with Crippen molar-refractivity contribution in [1.29, 1.82) is 0 Å². The van der Waals surface area contributed by atoms with Gasteiger partial charge < -0.3 is 14.8 Å². The highest BCUT2D eigenvalue weighted by Gasteiger charge is 2.09. The maximum atomic E-state index is 12.2. The molecule has 0 radical (unpaired) electrons. The first-order valence-electron chi connectivity index (χ1n) is 9.78. The highest BCUT2D eigenvalue weighted by molar-refractivity contribution is 5.90. The smallest absolute Gasteiger partial charge is 0.226 e. The number of nitrogens with one attached hydrogen (secondary N) is 1. The third-order valence-corrected chi connectivity index (χ3v) is 4.35. The number of aromatic nitrogens is 4. The molecule has 0 saturated carbocycles. The minimum Gasteiger partial charge on any atom is -0.490 e. The number of rotatable bonds is 10. The first-order valence-corrected chi connectivity index (χ1v) is 9.78. The summed E-state index contributed by atoms with van der Waals surface area (Å²) in [5.41, 5.74) is 2.74. The van der Waals surface area contributed by atoms with Gasteiger partial charge in [-0.25, -0.2) is 0 Å². The Bertz CT molecular complexity index is 947. The first-order chi connectivity index (χ1) is 14.1. The molecule has 1 aromatic carbocycles. The van der Waals surface area contributed by atoms with Crippen LogP contribution in [0.15, 0.2) is 42.9 Å². The van der Waals surface area contributed by atoms with Crippen LogP contribution in [0.3, 0.4) is 0 Å². The predicted molar refractivity (Wildman–Crippen MR) is 110 cm³/mol. The molecule has 0 atom stereocenters. The van der Waals surface area contributed by atoms with E-state index in [2.05, 4.69) is 15.5 Å². The van der Waals surface area contributed by atoms with Crippen LogP contribution in [0.1, 0.15) is 31.5 Å². The normalized spacial score (nSPS) is 10.7. The summed E-state index contributed by atoms with van der Waals surface area (Å²) < 4.78 is 14.9. The van der Waals surface area contributed by atoms with E-state index in [1.165, 1.54) is 0 Å². The summed E-state index contributed by atoms with van der Waals surface area (Å²) in [6.45, 7) is 8.12. The highest BCUT2D eigenvalue weighted by atomic mass is 16.5. The van der Waals surface area contributed by atoms with E-state index < -0.39 is 0 Å². The molecule has 1 amide bonds. The molecular formula is C21H27N5O3. The van der Waals surface area contributed by atoms with Crippen LogP contribution in [0, 0.1) is 6.92 Å². The number of hydrogen-bond acceptors (Lipinski definition) is 5. The molecule has 8 heteroatoms. The maximum absolute atomic E-state index is 12.2. The van der Waals surface area contributed by atoms with Gasteiger partial charge in [-0.15, -0.1) is 0 Å². The number of nitrogens with zero attached hydrogens (tertiary/aromatic N) is 4. The second-order valence-electron chi connectivity index (χ2n) is 6.57. The Balaban J connectivity index is 1.57. The molecule has 0 spiro atoms. The van der Waals surface area contributed by atoms with Gasteiger partial charge in [-0.05, 0) is 44.5 Å². The summed E-state index contributed by atoms with van der Waals surface area (Å²) in [6, 6.07) is 7.77. The first kappa shape index (κ1) is 20.4. The highest BCUT2D eigenvalue weighted by Crippen LogP contribution is 2.28. The van der Waals surface area contributed by atoms with Gasteiger partial charge >= 0.3 is 0 Å². The molecule has 3 aromatic rings. The molecule has 0 bridgehead atoms. The number of amides is 1. The summed E-state index contributed by atoms with van der Waals surface area (Å²) in [5.74, 6) is 1.39. The monoisotopic (exact) mass is 397 g/mol. The van der Waals surface area contributed by atoms with E-state index in [1.807, 2.05) is 55.9 Å². The SMILES string of the molecule is CCOc1ccc(Cn2cc(NC(=O)CCn3nccc3C)cn2)cc1OCC. The van der Waals surface area contributed by atoms with Crippen LogP contribution < -0.4 is 14.8 Å². The van der Waals surface area contributed by atoms with Crippen LogP contribution >= 0.6 is 0 Å². The summed E-state index contributed by atoms with van der Waals surface area (Å²) in [4.78, 5) is 12.2. The van der Waals surface area contributed by atoms with Crippen molar-refractivity contribution < 1.29 is 14.3 Å². The van der Waals surface area contributed by atoms with Crippen molar-refractivity contribution in [2.75, 3.05) is 18.5 Å². The Morgan fingerprint density at radius 3 is 2.62 bits per heavy atom. The molecule has 2 heterocycles. The molecule has 0 aliphatic carbocycles. The van der Waals surface area contributed by atoms with Crippen molar-refractivity contribution in [3.05, 3.63) is 54.1 Å². The lowest BCUT2D eigenvalue weighted by atomic mass is 10.2. The molecule has 3 rings (SSSR count). The lowest BCUT2D eigenvalue weighted by Gasteiger charge is -2.12. The Labute approximate surface area is 170 Å². The van der Waals surface area contributed by atoms with Gasteiger partial charge in [-0.1, -0.05) is 6.07 Å². The number of benzene rings is 1. The molecule has 2 aromatic heterocycles. The standard InChI is InChI=1S/C21H27N5O3/c1-4-28-19-7-6-17(12-20(19)29-5-2)14-25-15-18(13-23-25)24-21(27)9-11-26-16(3)8-10-22-26/h6-8,10,12-13,15H,4-5,9,11,14H2,1-3H3,(H,24,27). The van der Waals surface area contributed by atoms with Crippen LogP contribution in [-0.4, -0.2) is 38.7 Å². The van der Waals surface area contributed by atoms with Gasteiger partial charge in [0.05, 0.1) is 31.6 Å². The van der Waals surface area contributed by atoms with Gasteiger partial charge in [0.2, 0.25) is 5.91 Å². The van der Waals surface area contributed by atoms with Crippen molar-refractivity contribution in [2.45, 2.75) is 40.3 Å². The van der Waals surface area contributed by atoms with Gasteiger partial charge in [0, 0.05) is 31.1 Å².